The molecule has 4 aromatic rings. The molecule has 1 N–H and O–H groups in total. The third-order valence-corrected chi connectivity index (χ3v) is 7.27. The third kappa shape index (κ3) is 5.66. The number of rotatable bonds is 7. The van der Waals surface area contributed by atoms with Crippen molar-refractivity contribution in [2.75, 3.05) is 11.5 Å². The molecule has 0 bridgehead atoms. The van der Waals surface area contributed by atoms with Crippen molar-refractivity contribution < 1.29 is 24.2 Å². The van der Waals surface area contributed by atoms with E-state index in [2.05, 4.69) is 20.8 Å². The predicted molar refractivity (Wildman–Crippen MR) is 165 cm³/mol. The number of aliphatic hydroxyl groups excluding tert-OH is 1. The van der Waals surface area contributed by atoms with Crippen LogP contribution >= 0.6 is 0 Å². The molecule has 1 aliphatic heterocycles. The zero-order valence-electron chi connectivity index (χ0n) is 24.5. The lowest BCUT2D eigenvalue weighted by atomic mass is 9.84. The van der Waals surface area contributed by atoms with E-state index in [1.54, 1.807) is 18.2 Å². The van der Waals surface area contributed by atoms with Crippen LogP contribution in [0.4, 0.5) is 5.69 Å². The molecule has 0 radical (unpaired) electrons. The standard InChI is InChI=1S/C36H35NO5/c1-6-41-30-20-17-25(22-29(30)36(3,4)5)33(38)31-32(37(35(40)34(31)39)26-18-15-23(2)16-19-26)24-11-10-14-28(21-24)42-27-12-8-7-9-13-27/h7-22,32,38H,6H2,1-5H3/b33-31+. The van der Waals surface area contributed by atoms with E-state index in [4.69, 9.17) is 9.47 Å². The highest BCUT2D eigenvalue weighted by molar-refractivity contribution is 6.51. The molecule has 1 atom stereocenters. The highest BCUT2D eigenvalue weighted by Gasteiger charge is 2.47. The summed E-state index contributed by atoms with van der Waals surface area (Å²) in [6, 6.07) is 28.5. The van der Waals surface area contributed by atoms with Crippen LogP contribution in [0.3, 0.4) is 0 Å². The fourth-order valence-electron chi connectivity index (χ4n) is 5.19. The van der Waals surface area contributed by atoms with E-state index >= 15 is 0 Å². The first-order valence-corrected chi connectivity index (χ1v) is 14.1. The first-order chi connectivity index (χ1) is 20.1. The maximum absolute atomic E-state index is 13.7. The fraction of sp³-hybridized carbons (Fsp3) is 0.222. The lowest BCUT2D eigenvalue weighted by Gasteiger charge is -2.26. The van der Waals surface area contributed by atoms with E-state index in [0.29, 0.717) is 40.7 Å². The molecule has 1 heterocycles. The van der Waals surface area contributed by atoms with Gasteiger partial charge in [-0.05, 0) is 79.4 Å². The fourth-order valence-corrected chi connectivity index (χ4v) is 5.19. The van der Waals surface area contributed by atoms with Gasteiger partial charge < -0.3 is 14.6 Å². The lowest BCUT2D eigenvalue weighted by molar-refractivity contribution is -0.132. The average Bonchev–Trinajstić information content (AvgIpc) is 3.23. The van der Waals surface area contributed by atoms with Crippen molar-refractivity contribution in [3.05, 3.63) is 125 Å². The molecule has 1 amide bonds. The van der Waals surface area contributed by atoms with Gasteiger partial charge in [0.15, 0.2) is 0 Å². The number of aryl methyl sites for hydroxylation is 1. The normalized spacial score (nSPS) is 16.5. The van der Waals surface area contributed by atoms with Gasteiger partial charge in [0.05, 0.1) is 18.2 Å². The number of anilines is 1. The van der Waals surface area contributed by atoms with Gasteiger partial charge in [0.1, 0.15) is 23.0 Å². The molecule has 4 aromatic carbocycles. The molecule has 1 fully saturated rings. The van der Waals surface area contributed by atoms with Crippen LogP contribution in [0.15, 0.2) is 103 Å². The second-order valence-electron chi connectivity index (χ2n) is 11.4. The Balaban J connectivity index is 1.68. The van der Waals surface area contributed by atoms with E-state index in [9.17, 15) is 14.7 Å². The largest absolute Gasteiger partial charge is 0.507 e. The van der Waals surface area contributed by atoms with Gasteiger partial charge in [0.2, 0.25) is 0 Å². The molecule has 42 heavy (non-hydrogen) atoms. The van der Waals surface area contributed by atoms with Crippen LogP contribution in [-0.4, -0.2) is 23.4 Å². The summed E-state index contributed by atoms with van der Waals surface area (Å²) in [6.45, 7) is 10.5. The predicted octanol–water partition coefficient (Wildman–Crippen LogP) is 8.11. The minimum absolute atomic E-state index is 0.0152. The van der Waals surface area contributed by atoms with Crippen molar-refractivity contribution in [3.63, 3.8) is 0 Å². The Labute approximate surface area is 246 Å². The summed E-state index contributed by atoms with van der Waals surface area (Å²) in [5.74, 6) is 0.218. The van der Waals surface area contributed by atoms with Gasteiger partial charge in [-0.25, -0.2) is 0 Å². The molecular formula is C36H35NO5. The number of nitrogens with zero attached hydrogens (tertiary/aromatic N) is 1. The van der Waals surface area contributed by atoms with Crippen LogP contribution in [0, 0.1) is 6.92 Å². The molecule has 214 valence electrons. The average molecular weight is 562 g/mol. The number of hydrogen-bond acceptors (Lipinski definition) is 5. The zero-order chi connectivity index (χ0) is 30.0. The van der Waals surface area contributed by atoms with E-state index in [1.807, 2.05) is 92.7 Å². The molecule has 1 unspecified atom stereocenters. The molecular weight excluding hydrogens is 526 g/mol. The second-order valence-corrected chi connectivity index (χ2v) is 11.4. The Bertz CT molecular complexity index is 1650. The highest BCUT2D eigenvalue weighted by Crippen LogP contribution is 2.44. The maximum Gasteiger partial charge on any atom is 0.300 e. The van der Waals surface area contributed by atoms with Gasteiger partial charge in [-0.1, -0.05) is 68.8 Å². The first-order valence-electron chi connectivity index (χ1n) is 14.1. The summed E-state index contributed by atoms with van der Waals surface area (Å²) in [7, 11) is 0. The summed E-state index contributed by atoms with van der Waals surface area (Å²) in [5.41, 5.74) is 3.26. The van der Waals surface area contributed by atoms with Crippen LogP contribution in [0.2, 0.25) is 0 Å². The quantitative estimate of drug-likeness (QED) is 0.140. The Morgan fingerprint density at radius 3 is 2.21 bits per heavy atom. The van der Waals surface area contributed by atoms with Crippen LogP contribution in [0.5, 0.6) is 17.2 Å². The summed E-state index contributed by atoms with van der Waals surface area (Å²) in [4.78, 5) is 28.8. The van der Waals surface area contributed by atoms with Crippen molar-refractivity contribution in [1.82, 2.24) is 0 Å². The monoisotopic (exact) mass is 561 g/mol. The van der Waals surface area contributed by atoms with Gasteiger partial charge in [-0.2, -0.15) is 0 Å². The molecule has 1 saturated heterocycles. The molecule has 5 rings (SSSR count). The molecule has 6 nitrogen and oxygen atoms in total. The Morgan fingerprint density at radius 1 is 0.857 bits per heavy atom. The van der Waals surface area contributed by atoms with Crippen molar-refractivity contribution in [2.45, 2.75) is 46.1 Å². The Kier molecular flexibility index (Phi) is 7.90. The number of carbonyl (C=O) groups is 2. The second kappa shape index (κ2) is 11.6. The maximum atomic E-state index is 13.7. The van der Waals surface area contributed by atoms with Crippen LogP contribution in [-0.2, 0) is 15.0 Å². The minimum Gasteiger partial charge on any atom is -0.507 e. The van der Waals surface area contributed by atoms with Crippen molar-refractivity contribution in [1.29, 1.82) is 0 Å². The van der Waals surface area contributed by atoms with Gasteiger partial charge in [0, 0.05) is 16.8 Å². The molecule has 6 heteroatoms. The topological polar surface area (TPSA) is 76.1 Å². The number of benzene rings is 4. The van der Waals surface area contributed by atoms with E-state index < -0.39 is 17.7 Å². The van der Waals surface area contributed by atoms with E-state index in [-0.39, 0.29) is 16.7 Å². The highest BCUT2D eigenvalue weighted by atomic mass is 16.5. The summed E-state index contributed by atoms with van der Waals surface area (Å²) in [6.07, 6.45) is 0. The Morgan fingerprint density at radius 2 is 1.55 bits per heavy atom. The SMILES string of the molecule is CCOc1ccc(/C(O)=C2\C(=O)C(=O)N(c3ccc(C)cc3)C2c2cccc(Oc3ccccc3)c2)cc1C(C)(C)C. The number of Topliss-reactive ketones (excluding diaryl/α,β-unsaturated/α-hetero) is 1. The van der Waals surface area contributed by atoms with Gasteiger partial charge in [-0.15, -0.1) is 0 Å². The van der Waals surface area contributed by atoms with Crippen LogP contribution in [0.1, 0.15) is 56.0 Å². The van der Waals surface area contributed by atoms with Crippen molar-refractivity contribution >= 4 is 23.1 Å². The number of para-hydroxylation sites is 1. The van der Waals surface area contributed by atoms with Crippen LogP contribution in [0.25, 0.3) is 5.76 Å². The Hall–Kier alpha value is -4.84. The number of ketones is 1. The summed E-state index contributed by atoms with van der Waals surface area (Å²) >= 11 is 0. The smallest absolute Gasteiger partial charge is 0.300 e. The molecule has 0 spiro atoms. The zero-order valence-corrected chi connectivity index (χ0v) is 24.5. The summed E-state index contributed by atoms with van der Waals surface area (Å²) in [5, 5.41) is 11.8. The van der Waals surface area contributed by atoms with Gasteiger partial charge >= 0.3 is 0 Å². The van der Waals surface area contributed by atoms with E-state index in [1.165, 1.54) is 4.90 Å². The molecule has 1 aliphatic rings. The van der Waals surface area contributed by atoms with Crippen molar-refractivity contribution in [3.8, 4) is 17.2 Å². The van der Waals surface area contributed by atoms with Gasteiger partial charge in [-0.3, -0.25) is 14.5 Å². The molecule has 0 saturated carbocycles. The van der Waals surface area contributed by atoms with Crippen molar-refractivity contribution in [2.24, 2.45) is 0 Å². The number of carbonyl (C=O) groups excluding carboxylic acids is 2. The van der Waals surface area contributed by atoms with Gasteiger partial charge in [0.25, 0.3) is 11.7 Å². The van der Waals surface area contributed by atoms with Crippen LogP contribution < -0.4 is 14.4 Å². The molecule has 0 aliphatic carbocycles. The number of aliphatic hydroxyl groups is 1. The minimum atomic E-state index is -0.878. The lowest BCUT2D eigenvalue weighted by Crippen LogP contribution is -2.29. The molecule has 0 aromatic heterocycles. The number of ether oxygens (including phenoxy) is 2. The summed E-state index contributed by atoms with van der Waals surface area (Å²) < 4.78 is 11.9. The third-order valence-electron chi connectivity index (χ3n) is 7.27. The number of hydrogen-bond donors (Lipinski definition) is 1. The number of amides is 1. The van der Waals surface area contributed by atoms with E-state index in [0.717, 1.165) is 11.1 Å². The first kappa shape index (κ1) is 28.7.